The minimum atomic E-state index is 0.584. The first-order valence-corrected chi connectivity index (χ1v) is 8.72. The molecule has 3 heteroatoms. The van der Waals surface area contributed by atoms with Gasteiger partial charge >= 0.3 is 0 Å². The number of fused-ring (bicyclic) bond motifs is 1. The van der Waals surface area contributed by atoms with Crippen LogP contribution in [0.5, 0.6) is 0 Å². The molecule has 2 atom stereocenters. The highest BCUT2D eigenvalue weighted by Crippen LogP contribution is 2.35. The monoisotopic (exact) mass is 300 g/mol. The van der Waals surface area contributed by atoms with Gasteiger partial charge in [0.15, 0.2) is 0 Å². The van der Waals surface area contributed by atoms with Crippen LogP contribution in [0, 0.1) is 5.92 Å². The number of nitrogens with zero attached hydrogens (tertiary/aromatic N) is 1. The second-order valence-corrected chi connectivity index (χ2v) is 6.94. The third kappa shape index (κ3) is 3.58. The standard InChI is InChI=1S/C19H28N2O/c1-21-11-8-16(3-2-12-22)19(14-21)18-5-4-15-6-9-20-10-7-17(15)13-18/h4-5,12-13,16,19-20H,2-3,6-11,14H2,1H3. The average Bonchev–Trinajstić information content (AvgIpc) is 2.78. The summed E-state index contributed by atoms with van der Waals surface area (Å²) in [5.74, 6) is 1.24. The van der Waals surface area contributed by atoms with Crippen molar-refractivity contribution in [2.45, 2.75) is 38.0 Å². The van der Waals surface area contributed by atoms with E-state index in [-0.39, 0.29) is 0 Å². The maximum atomic E-state index is 10.8. The molecule has 2 aliphatic heterocycles. The van der Waals surface area contributed by atoms with E-state index < -0.39 is 0 Å². The summed E-state index contributed by atoms with van der Waals surface area (Å²) in [4.78, 5) is 13.2. The Hall–Kier alpha value is -1.19. The lowest BCUT2D eigenvalue weighted by Gasteiger charge is -2.37. The number of likely N-dealkylation sites (tertiary alicyclic amines) is 1. The van der Waals surface area contributed by atoms with Crippen LogP contribution in [0.4, 0.5) is 0 Å². The summed E-state index contributed by atoms with van der Waals surface area (Å²) in [6.07, 6.45) is 6.34. The van der Waals surface area contributed by atoms with Crippen LogP contribution in [0.15, 0.2) is 18.2 Å². The SMILES string of the molecule is CN1CCC(CCC=O)C(c2ccc3c(c2)CCNCC3)C1. The predicted molar refractivity (Wildman–Crippen MR) is 90.4 cm³/mol. The van der Waals surface area contributed by atoms with Gasteiger partial charge in [0.25, 0.3) is 0 Å². The van der Waals surface area contributed by atoms with E-state index in [0.717, 1.165) is 51.7 Å². The van der Waals surface area contributed by atoms with E-state index in [1.165, 1.54) is 23.1 Å². The van der Waals surface area contributed by atoms with Crippen molar-refractivity contribution in [2.75, 3.05) is 33.2 Å². The molecule has 1 N–H and O–H groups in total. The van der Waals surface area contributed by atoms with Crippen LogP contribution in [-0.4, -0.2) is 44.4 Å². The van der Waals surface area contributed by atoms with Crippen LogP contribution in [0.25, 0.3) is 0 Å². The largest absolute Gasteiger partial charge is 0.316 e. The molecule has 1 aromatic rings. The number of hydrogen-bond donors (Lipinski definition) is 1. The van der Waals surface area contributed by atoms with Crippen molar-refractivity contribution in [3.63, 3.8) is 0 Å². The molecule has 2 aliphatic rings. The van der Waals surface area contributed by atoms with E-state index in [4.69, 9.17) is 0 Å². The minimum absolute atomic E-state index is 0.584. The van der Waals surface area contributed by atoms with Gasteiger partial charge in [0.1, 0.15) is 6.29 Å². The minimum Gasteiger partial charge on any atom is -0.316 e. The fourth-order valence-corrected chi connectivity index (χ4v) is 4.09. The van der Waals surface area contributed by atoms with Gasteiger partial charge in [0, 0.05) is 13.0 Å². The summed E-state index contributed by atoms with van der Waals surface area (Å²) < 4.78 is 0. The van der Waals surface area contributed by atoms with Crippen molar-refractivity contribution in [1.29, 1.82) is 0 Å². The molecule has 0 radical (unpaired) electrons. The lowest BCUT2D eigenvalue weighted by Crippen LogP contribution is -2.36. The maximum absolute atomic E-state index is 10.8. The molecule has 1 fully saturated rings. The Balaban J connectivity index is 1.82. The van der Waals surface area contributed by atoms with Crippen LogP contribution in [0.3, 0.4) is 0 Å². The van der Waals surface area contributed by atoms with E-state index in [2.05, 4.69) is 35.5 Å². The number of rotatable bonds is 4. The number of aldehydes is 1. The second-order valence-electron chi connectivity index (χ2n) is 6.94. The highest BCUT2D eigenvalue weighted by molar-refractivity contribution is 5.49. The van der Waals surface area contributed by atoms with Gasteiger partial charge in [-0.25, -0.2) is 0 Å². The van der Waals surface area contributed by atoms with Crippen LogP contribution in [0.2, 0.25) is 0 Å². The van der Waals surface area contributed by atoms with Crippen LogP contribution >= 0.6 is 0 Å². The molecule has 1 aromatic carbocycles. The van der Waals surface area contributed by atoms with E-state index in [0.29, 0.717) is 18.3 Å². The highest BCUT2D eigenvalue weighted by atomic mass is 16.1. The molecule has 22 heavy (non-hydrogen) atoms. The summed E-state index contributed by atoms with van der Waals surface area (Å²) in [5.41, 5.74) is 4.54. The van der Waals surface area contributed by atoms with Gasteiger partial charge in [-0.15, -0.1) is 0 Å². The first-order valence-electron chi connectivity index (χ1n) is 8.72. The molecular formula is C19H28N2O. The molecule has 0 spiro atoms. The Morgan fingerprint density at radius 3 is 2.91 bits per heavy atom. The Labute approximate surface area is 134 Å². The first kappa shape index (κ1) is 15.7. The van der Waals surface area contributed by atoms with E-state index in [1.54, 1.807) is 0 Å². The Kier molecular flexibility index (Phi) is 5.27. The van der Waals surface area contributed by atoms with E-state index in [9.17, 15) is 4.79 Å². The summed E-state index contributed by atoms with van der Waals surface area (Å²) in [6.45, 7) is 4.48. The van der Waals surface area contributed by atoms with Crippen molar-refractivity contribution in [3.05, 3.63) is 34.9 Å². The predicted octanol–water partition coefficient (Wildman–Crippen LogP) is 2.39. The molecule has 0 aromatic heterocycles. The summed E-state index contributed by atoms with van der Waals surface area (Å²) in [6, 6.07) is 7.16. The van der Waals surface area contributed by atoms with Gasteiger partial charge in [-0.3, -0.25) is 0 Å². The molecule has 0 bridgehead atoms. The second kappa shape index (κ2) is 7.38. The number of hydrogen-bond acceptors (Lipinski definition) is 3. The van der Waals surface area contributed by atoms with E-state index >= 15 is 0 Å². The Morgan fingerprint density at radius 2 is 2.09 bits per heavy atom. The zero-order chi connectivity index (χ0) is 15.4. The fraction of sp³-hybridized carbons (Fsp3) is 0.632. The third-order valence-corrected chi connectivity index (χ3v) is 5.42. The van der Waals surface area contributed by atoms with E-state index in [1.807, 2.05) is 0 Å². The molecule has 0 amide bonds. The number of benzene rings is 1. The smallest absolute Gasteiger partial charge is 0.120 e. The zero-order valence-electron chi connectivity index (χ0n) is 13.7. The van der Waals surface area contributed by atoms with Crippen LogP contribution < -0.4 is 5.32 Å². The molecule has 3 nitrogen and oxygen atoms in total. The van der Waals surface area contributed by atoms with Crippen molar-refractivity contribution < 1.29 is 4.79 Å². The quantitative estimate of drug-likeness (QED) is 0.867. The summed E-state index contributed by atoms with van der Waals surface area (Å²) in [7, 11) is 2.22. The number of carbonyl (C=O) groups excluding carboxylic acids is 1. The zero-order valence-corrected chi connectivity index (χ0v) is 13.7. The third-order valence-electron chi connectivity index (χ3n) is 5.42. The summed E-state index contributed by atoms with van der Waals surface area (Å²) in [5, 5.41) is 3.49. The van der Waals surface area contributed by atoms with Crippen molar-refractivity contribution in [2.24, 2.45) is 5.92 Å². The van der Waals surface area contributed by atoms with Gasteiger partial charge in [-0.05, 0) is 80.9 Å². The topological polar surface area (TPSA) is 32.3 Å². The number of carbonyl (C=O) groups is 1. The molecule has 3 rings (SSSR count). The van der Waals surface area contributed by atoms with Gasteiger partial charge in [0.05, 0.1) is 0 Å². The van der Waals surface area contributed by atoms with Crippen molar-refractivity contribution >= 4 is 6.29 Å². The molecule has 2 heterocycles. The highest BCUT2D eigenvalue weighted by Gasteiger charge is 2.29. The normalized spacial score (nSPS) is 26.2. The van der Waals surface area contributed by atoms with Crippen molar-refractivity contribution in [1.82, 2.24) is 10.2 Å². The Morgan fingerprint density at radius 1 is 1.27 bits per heavy atom. The molecule has 2 unspecified atom stereocenters. The lowest BCUT2D eigenvalue weighted by atomic mass is 9.77. The number of piperidine rings is 1. The molecule has 120 valence electrons. The number of nitrogens with one attached hydrogen (secondary N) is 1. The van der Waals surface area contributed by atoms with Gasteiger partial charge < -0.3 is 15.0 Å². The average molecular weight is 300 g/mol. The Bertz CT molecular complexity index is 514. The first-order chi connectivity index (χ1) is 10.8. The fourth-order valence-electron chi connectivity index (χ4n) is 4.09. The number of likely N-dealkylation sites (N-methyl/N-ethyl adjacent to an activating group) is 1. The van der Waals surface area contributed by atoms with Crippen LogP contribution in [-0.2, 0) is 17.6 Å². The molecule has 0 aliphatic carbocycles. The van der Waals surface area contributed by atoms with Crippen LogP contribution in [0.1, 0.15) is 41.9 Å². The van der Waals surface area contributed by atoms with Crippen molar-refractivity contribution in [3.8, 4) is 0 Å². The molecule has 0 saturated carbocycles. The van der Waals surface area contributed by atoms with Gasteiger partial charge in [0.2, 0.25) is 0 Å². The van der Waals surface area contributed by atoms with Gasteiger partial charge in [-0.2, -0.15) is 0 Å². The van der Waals surface area contributed by atoms with Gasteiger partial charge in [-0.1, -0.05) is 18.2 Å². The maximum Gasteiger partial charge on any atom is 0.120 e. The lowest BCUT2D eigenvalue weighted by molar-refractivity contribution is -0.108. The molecule has 1 saturated heterocycles. The summed E-state index contributed by atoms with van der Waals surface area (Å²) >= 11 is 0. The molecular weight excluding hydrogens is 272 g/mol.